The molecule has 526 valence electrons. The van der Waals surface area contributed by atoms with Crippen LogP contribution in [0.5, 0.6) is 23.0 Å². The highest BCUT2D eigenvalue weighted by atomic mass is 16.5. The summed E-state index contributed by atoms with van der Waals surface area (Å²) in [5.74, 6) is 11.0. The van der Waals surface area contributed by atoms with Crippen molar-refractivity contribution in [3.8, 4) is 57.3 Å². The topological polar surface area (TPSA) is 214 Å². The van der Waals surface area contributed by atoms with Gasteiger partial charge in [-0.3, -0.25) is 4.79 Å². The van der Waals surface area contributed by atoms with Crippen LogP contribution in [0.15, 0.2) is 178 Å². The number of fused-ring (bicyclic) bond motifs is 11. The van der Waals surface area contributed by atoms with Gasteiger partial charge in [-0.15, -0.1) is 0 Å². The van der Waals surface area contributed by atoms with Crippen molar-refractivity contribution in [1.29, 1.82) is 0 Å². The number of aryl methyl sites for hydroxylation is 3. The molecular formula is C90H88N6O8. The number of aromatic hydroxyl groups is 1. The number of phenols is 1. The first-order valence-electron chi connectivity index (χ1n) is 37.8. The second-order valence-electron chi connectivity index (χ2n) is 31.6. The van der Waals surface area contributed by atoms with E-state index in [1.54, 1.807) is 30.3 Å². The first kappa shape index (κ1) is 64.8. The molecule has 6 heterocycles. The standard InChI is InChI=1S/C90H88N6O8/c1-87-61-22-23-62-24-30-71-72-44-58(31-36-89(62,87)37-32-61)67-29-20-60-43-57-12-6-7-14-66(57)68-33-35-88(72,80(67)78(60)68)51-90(71)63-21-17-59(73(45-63)94-86(91)92)42-54(49-97)50-103-82-69(28-16-53-11-8-13-56(41-53)70-46-76(87)95-85(70)96-39-38-93-48-77(90)96)81-79(74(100)47-75(104-81)55-18-26-64(98)27-19-55)83(84(82)101-2)102-40-34-65(99)25-15-52-9-4-3-5-10-52/h3-15,17-21,25-27,29,41,43-47,54,61-62,65,71-72,77,93,95,97-99H,16,22-23,28,31-40,42,48-51H2,1-2H3,(H4,91,92,94)/b25-15+/t54-,61+,62+,65-,71-,72+,77-,87-,88-,89+,90-/m0/s1. The van der Waals surface area contributed by atoms with E-state index < -0.39 is 17.4 Å². The lowest BCUT2D eigenvalue weighted by atomic mass is 9.49. The molecule has 3 saturated carbocycles. The molecule has 4 aliphatic heterocycles. The smallest absolute Gasteiger partial charge is 0.204 e. The lowest BCUT2D eigenvalue weighted by Crippen LogP contribution is -2.62. The van der Waals surface area contributed by atoms with Gasteiger partial charge in [0.2, 0.25) is 5.75 Å². The number of aromatic amines is 1. The third kappa shape index (κ3) is 9.85. The number of hydrogen-bond acceptors (Lipinski definition) is 11. The zero-order valence-electron chi connectivity index (χ0n) is 59.1. The predicted molar refractivity (Wildman–Crippen MR) is 412 cm³/mol. The number of allylic oxidation sites excluding steroid dienone is 2. The predicted octanol–water partition coefficient (Wildman–Crippen LogP) is 15.1. The van der Waals surface area contributed by atoms with E-state index in [-0.39, 0.29) is 112 Å². The number of H-pyrrole nitrogens is 1. The van der Waals surface area contributed by atoms with Crippen LogP contribution in [-0.2, 0) is 41.9 Å². The van der Waals surface area contributed by atoms with E-state index in [1.165, 1.54) is 68.2 Å². The number of aliphatic hydroxyl groups excluding tert-OH is 2. The molecule has 14 heteroatoms. The van der Waals surface area contributed by atoms with Crippen molar-refractivity contribution in [3.63, 3.8) is 0 Å². The van der Waals surface area contributed by atoms with Crippen LogP contribution in [0.4, 0.5) is 11.5 Å². The second-order valence-corrected chi connectivity index (χ2v) is 31.6. The molecule has 11 atom stereocenters. The molecular weight excluding hydrogens is 1290 g/mol. The zero-order chi connectivity index (χ0) is 70.4. The molecule has 6 aliphatic carbocycles. The molecule has 8 aromatic carbocycles. The normalized spacial score (nSPS) is 27.0. The molecule has 10 aromatic rings. The van der Waals surface area contributed by atoms with E-state index >= 15 is 4.79 Å². The number of aliphatic hydroxyl groups is 2. The molecule has 0 unspecified atom stereocenters. The van der Waals surface area contributed by atoms with Crippen molar-refractivity contribution in [3.05, 3.63) is 224 Å². The minimum atomic E-state index is -0.885. The molecule has 0 radical (unpaired) electrons. The molecule has 2 aromatic heterocycles. The van der Waals surface area contributed by atoms with Crippen molar-refractivity contribution >= 4 is 61.6 Å². The summed E-state index contributed by atoms with van der Waals surface area (Å²) in [5.41, 5.74) is 27.2. The largest absolute Gasteiger partial charge is 0.508 e. The third-order valence-corrected chi connectivity index (χ3v) is 26.8. The molecule has 0 amide bonds. The van der Waals surface area contributed by atoms with E-state index in [0.717, 1.165) is 105 Å². The van der Waals surface area contributed by atoms with Crippen LogP contribution >= 0.6 is 0 Å². The number of guanidine groups is 1. The van der Waals surface area contributed by atoms with Crippen LogP contribution in [0.3, 0.4) is 0 Å². The Morgan fingerprint density at radius 1 is 0.827 bits per heavy atom. The van der Waals surface area contributed by atoms with Gasteiger partial charge in [-0.05, 0) is 202 Å². The molecule has 104 heavy (non-hydrogen) atoms. The van der Waals surface area contributed by atoms with Crippen molar-refractivity contribution in [1.82, 2.24) is 10.3 Å². The zero-order valence-corrected chi connectivity index (χ0v) is 59.1. The monoisotopic (exact) mass is 1380 g/mol. The summed E-state index contributed by atoms with van der Waals surface area (Å²) in [6, 6.07) is 52.7. The summed E-state index contributed by atoms with van der Waals surface area (Å²) >= 11 is 0. The average molecular weight is 1380 g/mol. The molecule has 3 spiro atoms. The maximum absolute atomic E-state index is 15.2. The van der Waals surface area contributed by atoms with Crippen LogP contribution in [-0.4, -0.2) is 85.0 Å². The Morgan fingerprint density at radius 3 is 2.55 bits per heavy atom. The molecule has 9 N–H and O–H groups in total. The number of hydrogen-bond donors (Lipinski definition) is 7. The van der Waals surface area contributed by atoms with Gasteiger partial charge in [-0.1, -0.05) is 140 Å². The fourth-order valence-electron chi connectivity index (χ4n) is 22.0. The summed E-state index contributed by atoms with van der Waals surface area (Å²) < 4.78 is 27.5. The number of nitrogens with zero attached hydrogens (tertiary/aromatic N) is 2. The SMILES string of the molecule is COc1c2c(c3oc(-c4ccc(O)cc4)cc(=O)c3c1OCC[C@@H](O)/C=C/c1ccccc1)CCc1cccc(c1)-c1cc3[nH]c1N1CCNC[C@H]1[C@@]1(C[C@]45CCc6c7ccccc7cc7ccc(c4c67)C4=C[C@@H]5[C@@H]1C#C[C@H]1CC[C@@H]5CC[C@@]1(CC4)[C@]35C)c1ccc(c(N=C(N)N)c1)C[C@@H](CO)CO2. The number of methoxy groups -OCH3 is 1. The Hall–Kier alpha value is -10.0. The minimum Gasteiger partial charge on any atom is -0.508 e. The summed E-state index contributed by atoms with van der Waals surface area (Å²) in [5, 5.41) is 43.3. The Kier molecular flexibility index (Phi) is 15.5. The number of nitrogens with one attached hydrogen (secondary N) is 2. The maximum Gasteiger partial charge on any atom is 0.204 e. The van der Waals surface area contributed by atoms with Gasteiger partial charge in [0.1, 0.15) is 28.3 Å². The molecule has 20 rings (SSSR count). The highest BCUT2D eigenvalue weighted by Gasteiger charge is 2.69. The number of aliphatic imine (C=N–C) groups is 1. The highest BCUT2D eigenvalue weighted by Crippen LogP contribution is 2.73. The van der Waals surface area contributed by atoms with E-state index in [2.05, 4.69) is 131 Å². The van der Waals surface area contributed by atoms with E-state index in [4.69, 9.17) is 35.1 Å². The summed E-state index contributed by atoms with van der Waals surface area (Å²) in [6.07, 6.45) is 16.1. The van der Waals surface area contributed by atoms with Crippen molar-refractivity contribution in [2.24, 2.45) is 51.5 Å². The van der Waals surface area contributed by atoms with E-state index in [0.29, 0.717) is 54.3 Å². The van der Waals surface area contributed by atoms with Crippen molar-refractivity contribution < 1.29 is 33.9 Å². The number of ether oxygens (including phenoxy) is 3. The Bertz CT molecular complexity index is 5390. The van der Waals surface area contributed by atoms with Crippen LogP contribution in [0.1, 0.15) is 115 Å². The summed E-state index contributed by atoms with van der Waals surface area (Å²) in [6.45, 7) is 4.60. The van der Waals surface area contributed by atoms with Gasteiger partial charge in [-0.25, -0.2) is 4.99 Å². The molecule has 1 saturated heterocycles. The summed E-state index contributed by atoms with van der Waals surface area (Å²) in [4.78, 5) is 27.6. The number of anilines is 1. The van der Waals surface area contributed by atoms with Gasteiger partial charge in [-0.2, -0.15) is 0 Å². The average Bonchev–Trinajstić information content (AvgIpc) is 1.31. The van der Waals surface area contributed by atoms with Gasteiger partial charge >= 0.3 is 0 Å². The van der Waals surface area contributed by atoms with Gasteiger partial charge in [0.25, 0.3) is 0 Å². The molecule has 4 fully saturated rings. The first-order chi connectivity index (χ1) is 50.8. The molecule has 14 bridgehead atoms. The van der Waals surface area contributed by atoms with Gasteiger partial charge in [0.05, 0.1) is 38.2 Å². The van der Waals surface area contributed by atoms with Crippen molar-refractivity contribution in [2.45, 2.75) is 119 Å². The van der Waals surface area contributed by atoms with E-state index in [1.807, 2.05) is 36.4 Å². The van der Waals surface area contributed by atoms with Gasteiger partial charge in [0.15, 0.2) is 22.9 Å². The lowest BCUT2D eigenvalue weighted by molar-refractivity contribution is 0.0306. The summed E-state index contributed by atoms with van der Waals surface area (Å²) in [7, 11) is 1.54. The van der Waals surface area contributed by atoms with Crippen molar-refractivity contribution in [2.75, 3.05) is 51.5 Å². The number of nitrogens with two attached hydrogens (primary N) is 2. The molecule has 10 aliphatic rings. The van der Waals surface area contributed by atoms with Gasteiger partial charge < -0.3 is 60.6 Å². The van der Waals surface area contributed by atoms with Crippen LogP contribution < -0.4 is 41.3 Å². The van der Waals surface area contributed by atoms with E-state index in [9.17, 15) is 15.3 Å². The highest BCUT2D eigenvalue weighted by molar-refractivity contribution is 6.07. The maximum atomic E-state index is 15.2. The third-order valence-electron chi connectivity index (χ3n) is 26.8. The van der Waals surface area contributed by atoms with Gasteiger partial charge in [0, 0.05) is 101 Å². The quantitative estimate of drug-likeness (QED) is 0.0295. The number of piperazine rings is 1. The minimum absolute atomic E-state index is 0.00518. The fourth-order valence-corrected chi connectivity index (χ4v) is 22.0. The Balaban J connectivity index is 0.841. The number of phenolic OH excluding ortho intramolecular Hbond substituents is 1. The van der Waals surface area contributed by atoms with Crippen LogP contribution in [0.2, 0.25) is 0 Å². The number of benzene rings is 8. The number of aromatic nitrogens is 1. The Labute approximate surface area is 605 Å². The van der Waals surface area contributed by atoms with Crippen LogP contribution in [0.25, 0.3) is 66.6 Å². The Morgan fingerprint density at radius 2 is 1.69 bits per heavy atom. The first-order valence-corrected chi connectivity index (χ1v) is 37.8. The van der Waals surface area contributed by atoms with Crippen LogP contribution in [0, 0.1) is 46.8 Å². The lowest BCUT2D eigenvalue weighted by Gasteiger charge is -2.54. The fraction of sp³-hybridized carbons (Fsp3) is 0.356. The second kappa shape index (κ2) is 24.8. The molecule has 14 nitrogen and oxygen atoms in total. The number of rotatable bonds is 10.